The average Bonchev–Trinajstić information content (AvgIpc) is 3.06. The maximum atomic E-state index is 12.5. The second-order valence-electron chi connectivity index (χ2n) is 8.43. The lowest BCUT2D eigenvalue weighted by atomic mass is 9.97. The Morgan fingerprint density at radius 2 is 1.65 bits per heavy atom. The molecule has 0 atom stereocenters. The van der Waals surface area contributed by atoms with E-state index in [0.29, 0.717) is 31.1 Å². The van der Waals surface area contributed by atoms with Crippen molar-refractivity contribution in [1.29, 1.82) is 0 Å². The van der Waals surface area contributed by atoms with Crippen LogP contribution < -0.4 is 20.7 Å². The predicted molar refractivity (Wildman–Crippen MR) is 119 cm³/mol. The number of benzene rings is 1. The highest BCUT2D eigenvalue weighted by Gasteiger charge is 2.25. The highest BCUT2D eigenvalue weighted by atomic mass is 16.5. The molecule has 0 bridgehead atoms. The van der Waals surface area contributed by atoms with Gasteiger partial charge in [-0.05, 0) is 43.7 Å². The van der Waals surface area contributed by atoms with E-state index in [9.17, 15) is 14.4 Å². The number of anilines is 1. The van der Waals surface area contributed by atoms with Crippen LogP contribution >= 0.6 is 0 Å². The third-order valence-corrected chi connectivity index (χ3v) is 6.20. The molecule has 1 aromatic carbocycles. The Kier molecular flexibility index (Phi) is 8.55. The molecule has 0 radical (unpaired) electrons. The number of likely N-dealkylation sites (tertiary alicyclic amines) is 1. The molecule has 3 rings (SSSR count). The number of ether oxygens (including phenoxy) is 1. The Labute approximate surface area is 184 Å². The zero-order valence-corrected chi connectivity index (χ0v) is 18.3. The number of amides is 4. The summed E-state index contributed by atoms with van der Waals surface area (Å²) in [7, 11) is 1.57. The number of para-hydroxylation sites is 2. The van der Waals surface area contributed by atoms with Crippen molar-refractivity contribution in [2.45, 2.75) is 57.4 Å². The minimum atomic E-state index is -0.555. The molecule has 170 valence electrons. The van der Waals surface area contributed by atoms with Crippen LogP contribution in [0.1, 0.15) is 51.4 Å². The van der Waals surface area contributed by atoms with Gasteiger partial charge in [0.1, 0.15) is 5.75 Å². The molecule has 8 heteroatoms. The van der Waals surface area contributed by atoms with Crippen molar-refractivity contribution in [3.05, 3.63) is 24.3 Å². The minimum Gasteiger partial charge on any atom is -0.495 e. The number of carbonyl (C=O) groups is 3. The summed E-state index contributed by atoms with van der Waals surface area (Å²) in [5.41, 5.74) is 0.643. The van der Waals surface area contributed by atoms with Crippen molar-refractivity contribution in [2.75, 3.05) is 32.1 Å². The molecule has 0 aromatic heterocycles. The molecule has 1 aliphatic heterocycles. The molecule has 1 aliphatic carbocycles. The molecular weight excluding hydrogens is 396 g/mol. The molecule has 3 N–H and O–H groups in total. The van der Waals surface area contributed by atoms with Crippen molar-refractivity contribution < 1.29 is 19.1 Å². The van der Waals surface area contributed by atoms with Crippen molar-refractivity contribution in [3.63, 3.8) is 0 Å². The van der Waals surface area contributed by atoms with Crippen LogP contribution in [0, 0.1) is 5.92 Å². The normalized spacial score (nSPS) is 18.0. The summed E-state index contributed by atoms with van der Waals surface area (Å²) in [4.78, 5) is 38.7. The summed E-state index contributed by atoms with van der Waals surface area (Å²) in [6, 6.07) is 7.26. The molecule has 1 heterocycles. The van der Waals surface area contributed by atoms with E-state index in [0.717, 1.165) is 38.5 Å². The van der Waals surface area contributed by atoms with Crippen molar-refractivity contribution in [1.82, 2.24) is 15.5 Å². The number of carbonyl (C=O) groups excluding carboxylic acids is 3. The highest BCUT2D eigenvalue weighted by molar-refractivity contribution is 6.35. The number of hydrogen-bond donors (Lipinski definition) is 3. The van der Waals surface area contributed by atoms with Crippen LogP contribution in [0.15, 0.2) is 24.3 Å². The van der Waals surface area contributed by atoms with Gasteiger partial charge in [-0.1, -0.05) is 37.8 Å². The van der Waals surface area contributed by atoms with E-state index in [-0.39, 0.29) is 18.0 Å². The Morgan fingerprint density at radius 1 is 0.968 bits per heavy atom. The van der Waals surface area contributed by atoms with Crippen LogP contribution in [0.2, 0.25) is 0 Å². The number of rotatable bonds is 5. The Hall–Kier alpha value is -2.77. The first-order chi connectivity index (χ1) is 15.1. The van der Waals surface area contributed by atoms with Gasteiger partial charge in [0.15, 0.2) is 0 Å². The van der Waals surface area contributed by atoms with Crippen LogP contribution in [-0.2, 0) is 9.59 Å². The van der Waals surface area contributed by atoms with Gasteiger partial charge in [-0.3, -0.25) is 9.59 Å². The van der Waals surface area contributed by atoms with Crippen LogP contribution in [-0.4, -0.2) is 55.5 Å². The predicted octanol–water partition coefficient (Wildman–Crippen LogP) is 2.89. The number of methoxy groups -OCH3 is 1. The highest BCUT2D eigenvalue weighted by Crippen LogP contribution is 2.24. The van der Waals surface area contributed by atoms with Gasteiger partial charge < -0.3 is 25.6 Å². The first-order valence-electron chi connectivity index (χ1n) is 11.3. The summed E-state index contributed by atoms with van der Waals surface area (Å²) in [5, 5.41) is 8.54. The third kappa shape index (κ3) is 6.87. The van der Waals surface area contributed by atoms with E-state index in [1.807, 2.05) is 12.1 Å². The van der Waals surface area contributed by atoms with Crippen LogP contribution in [0.5, 0.6) is 5.75 Å². The van der Waals surface area contributed by atoms with E-state index in [2.05, 4.69) is 16.0 Å². The minimum absolute atomic E-state index is 0.116. The van der Waals surface area contributed by atoms with Crippen molar-refractivity contribution >= 4 is 23.5 Å². The monoisotopic (exact) mass is 430 g/mol. The molecule has 2 aliphatic rings. The summed E-state index contributed by atoms with van der Waals surface area (Å²) in [6.45, 7) is 1.67. The standard InChI is InChI=1S/C23H34N4O4/c1-31-20-11-7-6-10-19(20)26-23(30)27-14-12-17(13-15-27)16-24-21(28)22(29)25-18-8-4-2-3-5-9-18/h6-7,10-11,17-18H,2-5,8-9,12-16H2,1H3,(H,24,28)(H,25,29)(H,26,30). The molecule has 4 amide bonds. The molecule has 8 nitrogen and oxygen atoms in total. The van der Waals surface area contributed by atoms with Gasteiger partial charge in [0.2, 0.25) is 0 Å². The molecular formula is C23H34N4O4. The smallest absolute Gasteiger partial charge is 0.321 e. The lowest BCUT2D eigenvalue weighted by Gasteiger charge is -2.32. The van der Waals surface area contributed by atoms with Gasteiger partial charge in [0.05, 0.1) is 12.8 Å². The first kappa shape index (κ1) is 22.9. The molecule has 1 aromatic rings. The lowest BCUT2D eigenvalue weighted by Crippen LogP contribution is -2.47. The average molecular weight is 431 g/mol. The maximum absolute atomic E-state index is 12.5. The fraction of sp³-hybridized carbons (Fsp3) is 0.609. The molecule has 31 heavy (non-hydrogen) atoms. The second kappa shape index (κ2) is 11.6. The van der Waals surface area contributed by atoms with Gasteiger partial charge in [-0.2, -0.15) is 0 Å². The Balaban J connectivity index is 1.37. The third-order valence-electron chi connectivity index (χ3n) is 6.20. The number of piperidine rings is 1. The summed E-state index contributed by atoms with van der Waals surface area (Å²) in [6.07, 6.45) is 8.09. The van der Waals surface area contributed by atoms with Crippen LogP contribution in [0.4, 0.5) is 10.5 Å². The fourth-order valence-corrected chi connectivity index (χ4v) is 4.27. The summed E-state index contributed by atoms with van der Waals surface area (Å²) < 4.78 is 5.27. The molecule has 1 saturated heterocycles. The van der Waals surface area contributed by atoms with E-state index in [1.165, 1.54) is 12.8 Å². The maximum Gasteiger partial charge on any atom is 0.321 e. The Morgan fingerprint density at radius 3 is 2.32 bits per heavy atom. The molecule has 0 unspecified atom stereocenters. The Bertz CT molecular complexity index is 754. The number of urea groups is 1. The first-order valence-corrected chi connectivity index (χ1v) is 11.3. The van der Waals surface area contributed by atoms with E-state index < -0.39 is 11.8 Å². The van der Waals surface area contributed by atoms with Crippen molar-refractivity contribution in [2.24, 2.45) is 5.92 Å². The second-order valence-corrected chi connectivity index (χ2v) is 8.43. The van der Waals surface area contributed by atoms with Crippen molar-refractivity contribution in [3.8, 4) is 5.75 Å². The quantitative estimate of drug-likeness (QED) is 0.494. The number of hydrogen-bond acceptors (Lipinski definition) is 4. The zero-order valence-electron chi connectivity index (χ0n) is 18.3. The van der Waals surface area contributed by atoms with Gasteiger partial charge in [-0.25, -0.2) is 4.79 Å². The van der Waals surface area contributed by atoms with Crippen LogP contribution in [0.3, 0.4) is 0 Å². The van der Waals surface area contributed by atoms with Gasteiger partial charge >= 0.3 is 17.8 Å². The lowest BCUT2D eigenvalue weighted by molar-refractivity contribution is -0.139. The van der Waals surface area contributed by atoms with E-state index >= 15 is 0 Å². The van der Waals surface area contributed by atoms with E-state index in [1.54, 1.807) is 24.1 Å². The number of nitrogens with zero attached hydrogens (tertiary/aromatic N) is 1. The fourth-order valence-electron chi connectivity index (χ4n) is 4.27. The molecule has 2 fully saturated rings. The zero-order chi connectivity index (χ0) is 22.1. The van der Waals surface area contributed by atoms with Gasteiger partial charge in [0, 0.05) is 25.7 Å². The SMILES string of the molecule is COc1ccccc1NC(=O)N1CCC(CNC(=O)C(=O)NC2CCCCCC2)CC1. The largest absolute Gasteiger partial charge is 0.495 e. The van der Waals surface area contributed by atoms with Crippen LogP contribution in [0.25, 0.3) is 0 Å². The summed E-state index contributed by atoms with van der Waals surface area (Å²) >= 11 is 0. The van der Waals surface area contributed by atoms with Gasteiger partial charge in [0.25, 0.3) is 0 Å². The molecule has 0 spiro atoms. The summed E-state index contributed by atoms with van der Waals surface area (Å²) in [5.74, 6) is -0.207. The topological polar surface area (TPSA) is 99.8 Å². The van der Waals surface area contributed by atoms with E-state index in [4.69, 9.17) is 4.74 Å². The molecule has 1 saturated carbocycles. The number of nitrogens with one attached hydrogen (secondary N) is 3. The van der Waals surface area contributed by atoms with Gasteiger partial charge in [-0.15, -0.1) is 0 Å².